The number of nitrogens with zero attached hydrogens (tertiary/aromatic N) is 1. The maximum absolute atomic E-state index is 5.76. The standard InChI is InChI=1S/C9H5ClINO/c10-7-3-1-6(2-4-7)8-5-13-9(11)12-8/h1-5H. The second-order valence-corrected chi connectivity index (χ2v) is 3.85. The maximum Gasteiger partial charge on any atom is 0.257 e. The van der Waals surface area contributed by atoms with Crippen molar-refractivity contribution < 1.29 is 4.42 Å². The van der Waals surface area contributed by atoms with Crippen molar-refractivity contribution in [3.05, 3.63) is 39.4 Å². The Hall–Kier alpha value is -0.550. The minimum atomic E-state index is 0.641. The molecule has 0 fully saturated rings. The topological polar surface area (TPSA) is 26.0 Å². The van der Waals surface area contributed by atoms with Crippen LogP contribution in [0, 0.1) is 3.90 Å². The van der Waals surface area contributed by atoms with E-state index in [0.29, 0.717) is 3.90 Å². The molecular weight excluding hydrogens is 300 g/mol. The number of rotatable bonds is 1. The lowest BCUT2D eigenvalue weighted by Crippen LogP contribution is -1.76. The Morgan fingerprint density at radius 3 is 2.46 bits per heavy atom. The molecule has 0 unspecified atom stereocenters. The molecule has 66 valence electrons. The number of hydrogen-bond acceptors (Lipinski definition) is 2. The Kier molecular flexibility index (Phi) is 2.55. The second-order valence-electron chi connectivity index (χ2n) is 2.49. The van der Waals surface area contributed by atoms with Gasteiger partial charge in [-0.15, -0.1) is 0 Å². The van der Waals surface area contributed by atoms with Crippen LogP contribution in [-0.4, -0.2) is 4.98 Å². The molecule has 0 spiro atoms. The molecule has 2 nitrogen and oxygen atoms in total. The van der Waals surface area contributed by atoms with E-state index in [1.165, 1.54) is 0 Å². The summed E-state index contributed by atoms with van der Waals surface area (Å²) in [7, 11) is 0. The summed E-state index contributed by atoms with van der Waals surface area (Å²) in [4.78, 5) is 4.19. The average Bonchev–Trinajstić information content (AvgIpc) is 2.53. The third kappa shape index (κ3) is 2.03. The molecule has 0 saturated heterocycles. The molecule has 1 aromatic heterocycles. The summed E-state index contributed by atoms with van der Waals surface area (Å²) in [5, 5.41) is 0.724. The number of aromatic nitrogens is 1. The first-order valence-corrected chi connectivity index (χ1v) is 5.08. The van der Waals surface area contributed by atoms with Crippen LogP contribution in [0.15, 0.2) is 34.9 Å². The van der Waals surface area contributed by atoms with Crippen LogP contribution in [0.3, 0.4) is 0 Å². The Morgan fingerprint density at radius 1 is 1.23 bits per heavy atom. The highest BCUT2D eigenvalue weighted by Gasteiger charge is 2.02. The van der Waals surface area contributed by atoms with E-state index < -0.39 is 0 Å². The van der Waals surface area contributed by atoms with Gasteiger partial charge in [0.15, 0.2) is 0 Å². The first-order valence-electron chi connectivity index (χ1n) is 3.63. The highest BCUT2D eigenvalue weighted by atomic mass is 127. The zero-order valence-corrected chi connectivity index (χ0v) is 9.41. The van der Waals surface area contributed by atoms with Crippen LogP contribution in [-0.2, 0) is 0 Å². The third-order valence-electron chi connectivity index (χ3n) is 1.62. The van der Waals surface area contributed by atoms with Gasteiger partial charge in [-0.1, -0.05) is 23.7 Å². The van der Waals surface area contributed by atoms with E-state index >= 15 is 0 Å². The normalized spacial score (nSPS) is 10.3. The van der Waals surface area contributed by atoms with Gasteiger partial charge in [0.1, 0.15) is 12.0 Å². The molecule has 13 heavy (non-hydrogen) atoms. The molecule has 0 aliphatic carbocycles. The van der Waals surface area contributed by atoms with Crippen molar-refractivity contribution in [2.75, 3.05) is 0 Å². The Bertz CT molecular complexity index is 410. The van der Waals surface area contributed by atoms with Crippen LogP contribution in [0.5, 0.6) is 0 Å². The van der Waals surface area contributed by atoms with E-state index in [0.717, 1.165) is 16.3 Å². The molecule has 2 rings (SSSR count). The van der Waals surface area contributed by atoms with Crippen molar-refractivity contribution in [3.63, 3.8) is 0 Å². The molecular formula is C9H5ClINO. The summed E-state index contributed by atoms with van der Waals surface area (Å²) < 4.78 is 5.73. The van der Waals surface area contributed by atoms with Crippen LogP contribution >= 0.6 is 34.2 Å². The highest BCUT2D eigenvalue weighted by molar-refractivity contribution is 14.1. The van der Waals surface area contributed by atoms with Crippen molar-refractivity contribution in [3.8, 4) is 11.3 Å². The number of hydrogen-bond donors (Lipinski definition) is 0. The Labute approximate surface area is 94.1 Å². The largest absolute Gasteiger partial charge is 0.440 e. The molecule has 4 heteroatoms. The van der Waals surface area contributed by atoms with Crippen LogP contribution in [0.4, 0.5) is 0 Å². The van der Waals surface area contributed by atoms with Crippen LogP contribution in [0.25, 0.3) is 11.3 Å². The van der Waals surface area contributed by atoms with E-state index in [1.807, 2.05) is 46.9 Å². The fourth-order valence-electron chi connectivity index (χ4n) is 1.01. The SMILES string of the molecule is Clc1ccc(-c2coc(I)n2)cc1. The van der Waals surface area contributed by atoms with Gasteiger partial charge in [0.05, 0.1) is 0 Å². The second kappa shape index (κ2) is 3.67. The summed E-state index contributed by atoms with van der Waals surface area (Å²) in [6, 6.07) is 7.49. The van der Waals surface area contributed by atoms with Crippen LogP contribution < -0.4 is 0 Å². The van der Waals surface area contributed by atoms with Gasteiger partial charge in [0.2, 0.25) is 0 Å². The summed E-state index contributed by atoms with van der Waals surface area (Å²) in [6.45, 7) is 0. The lowest BCUT2D eigenvalue weighted by molar-refractivity contribution is 0.525. The number of halogens is 2. The van der Waals surface area contributed by atoms with Crippen molar-refractivity contribution in [2.24, 2.45) is 0 Å². The smallest absolute Gasteiger partial charge is 0.257 e. The minimum absolute atomic E-state index is 0.641. The lowest BCUT2D eigenvalue weighted by Gasteiger charge is -1.94. The van der Waals surface area contributed by atoms with Gasteiger partial charge in [-0.3, -0.25) is 0 Å². The number of oxazole rings is 1. The van der Waals surface area contributed by atoms with Gasteiger partial charge in [-0.25, -0.2) is 4.98 Å². The van der Waals surface area contributed by atoms with E-state index in [1.54, 1.807) is 6.26 Å². The fraction of sp³-hybridized carbons (Fsp3) is 0. The van der Waals surface area contributed by atoms with Gasteiger partial charge >= 0.3 is 0 Å². The first-order chi connectivity index (χ1) is 6.25. The molecule has 0 aliphatic rings. The molecule has 1 aromatic carbocycles. The first kappa shape index (κ1) is 9.02. The summed E-state index contributed by atoms with van der Waals surface area (Å²) in [5.74, 6) is 0. The van der Waals surface area contributed by atoms with Gasteiger partial charge in [-0.05, 0) is 12.1 Å². The van der Waals surface area contributed by atoms with Gasteiger partial charge in [0, 0.05) is 33.2 Å². The van der Waals surface area contributed by atoms with Crippen molar-refractivity contribution >= 4 is 34.2 Å². The molecule has 0 aliphatic heterocycles. The summed E-state index contributed by atoms with van der Waals surface area (Å²) >= 11 is 7.79. The molecule has 0 N–H and O–H groups in total. The average molecular weight is 306 g/mol. The predicted octanol–water partition coefficient (Wildman–Crippen LogP) is 3.60. The van der Waals surface area contributed by atoms with E-state index in [-0.39, 0.29) is 0 Å². The van der Waals surface area contributed by atoms with Gasteiger partial charge < -0.3 is 4.42 Å². The Morgan fingerprint density at radius 2 is 1.92 bits per heavy atom. The molecule has 0 saturated carbocycles. The molecule has 0 amide bonds. The molecule has 0 bridgehead atoms. The lowest BCUT2D eigenvalue weighted by atomic mass is 10.2. The summed E-state index contributed by atoms with van der Waals surface area (Å²) in [5.41, 5.74) is 1.84. The molecule has 0 atom stereocenters. The zero-order valence-electron chi connectivity index (χ0n) is 6.50. The third-order valence-corrected chi connectivity index (χ3v) is 2.36. The van der Waals surface area contributed by atoms with Crippen molar-refractivity contribution in [1.29, 1.82) is 0 Å². The number of benzene rings is 1. The van der Waals surface area contributed by atoms with E-state index in [2.05, 4.69) is 4.98 Å². The summed E-state index contributed by atoms with van der Waals surface area (Å²) in [6.07, 6.45) is 1.63. The predicted molar refractivity (Wildman–Crippen MR) is 59.7 cm³/mol. The van der Waals surface area contributed by atoms with Crippen LogP contribution in [0.2, 0.25) is 5.02 Å². The van der Waals surface area contributed by atoms with Gasteiger partial charge in [-0.2, -0.15) is 0 Å². The van der Waals surface area contributed by atoms with E-state index in [4.69, 9.17) is 16.0 Å². The monoisotopic (exact) mass is 305 g/mol. The van der Waals surface area contributed by atoms with E-state index in [9.17, 15) is 0 Å². The molecule has 1 heterocycles. The highest BCUT2D eigenvalue weighted by Crippen LogP contribution is 2.21. The quantitative estimate of drug-likeness (QED) is 0.752. The zero-order chi connectivity index (χ0) is 9.26. The fourth-order valence-corrected chi connectivity index (χ4v) is 1.52. The minimum Gasteiger partial charge on any atom is -0.440 e. The molecule has 0 radical (unpaired) electrons. The van der Waals surface area contributed by atoms with Crippen molar-refractivity contribution in [1.82, 2.24) is 4.98 Å². The Balaban J connectivity index is 2.41. The van der Waals surface area contributed by atoms with Crippen LogP contribution in [0.1, 0.15) is 0 Å². The van der Waals surface area contributed by atoms with Crippen molar-refractivity contribution in [2.45, 2.75) is 0 Å². The molecule has 2 aromatic rings. The maximum atomic E-state index is 5.76. The van der Waals surface area contributed by atoms with Gasteiger partial charge in [0.25, 0.3) is 3.90 Å².